The second kappa shape index (κ2) is 6.48. The first kappa shape index (κ1) is 19.4. The van der Waals surface area contributed by atoms with Crippen molar-refractivity contribution in [3.63, 3.8) is 0 Å². The van der Waals surface area contributed by atoms with Crippen molar-refractivity contribution in [3.8, 4) is 0 Å². The average molecular weight is 459 g/mol. The molecule has 2 amide bonds. The molecule has 6 aromatic rings. The predicted molar refractivity (Wildman–Crippen MR) is 130 cm³/mol. The number of aromatic nitrogens is 2. The minimum absolute atomic E-state index is 0.0472. The second-order valence-corrected chi connectivity index (χ2v) is 8.43. The Kier molecular flexibility index (Phi) is 3.59. The number of amides is 2. The number of benzene rings is 4. The first-order chi connectivity index (χ1) is 17.0. The molecular formula is C27H13N3O5. The topological polar surface area (TPSA) is 109 Å². The molecule has 2 aromatic heterocycles. The van der Waals surface area contributed by atoms with Crippen LogP contribution in [-0.4, -0.2) is 32.3 Å². The van der Waals surface area contributed by atoms with Crippen LogP contribution in [0.2, 0.25) is 0 Å². The summed E-state index contributed by atoms with van der Waals surface area (Å²) in [5, 5.41) is 11.2. The van der Waals surface area contributed by atoms with E-state index in [9.17, 15) is 19.2 Å². The summed E-state index contributed by atoms with van der Waals surface area (Å²) in [6.07, 6.45) is 0. The normalized spacial score (nSPS) is 13.5. The number of carbonyl (C=O) groups excluding carboxylic acids is 2. The van der Waals surface area contributed by atoms with Crippen molar-refractivity contribution in [1.29, 1.82) is 0 Å². The third-order valence-electron chi connectivity index (χ3n) is 6.64. The van der Waals surface area contributed by atoms with Crippen LogP contribution in [0.1, 0.15) is 31.1 Å². The van der Waals surface area contributed by atoms with Crippen LogP contribution in [0.5, 0.6) is 0 Å². The fraction of sp³-hybridized carbons (Fsp3) is 0. The quantitative estimate of drug-likeness (QED) is 0.391. The number of carbonyl (C=O) groups is 3. The standard InChI is InChI=1S/C27H13N3O5/c31-24-17-10-9-15-21-16(26(33)30-20-4-2-1-3-19(20)28-23(15)30)11-12-18(22(17)21)25(32)29(24)14-7-5-13(6-8-14)27(34)35/h1-12H,(H,34,35). The van der Waals surface area contributed by atoms with Gasteiger partial charge in [-0.15, -0.1) is 0 Å². The first-order valence-corrected chi connectivity index (χ1v) is 10.8. The molecule has 0 spiro atoms. The Balaban J connectivity index is 1.54. The maximum absolute atomic E-state index is 13.5. The number of rotatable bonds is 2. The zero-order valence-electron chi connectivity index (χ0n) is 17.9. The number of hydrogen-bond acceptors (Lipinski definition) is 5. The van der Waals surface area contributed by atoms with Gasteiger partial charge in [0.2, 0.25) is 0 Å². The largest absolute Gasteiger partial charge is 0.478 e. The maximum atomic E-state index is 13.5. The molecule has 7 rings (SSSR count). The molecule has 166 valence electrons. The highest BCUT2D eigenvalue weighted by molar-refractivity contribution is 6.38. The third kappa shape index (κ3) is 2.37. The van der Waals surface area contributed by atoms with Crippen LogP contribution in [0.25, 0.3) is 38.2 Å². The van der Waals surface area contributed by atoms with Gasteiger partial charge in [-0.1, -0.05) is 12.1 Å². The number of imidazole rings is 1. The number of imide groups is 1. The number of anilines is 1. The molecule has 1 N–H and O–H groups in total. The van der Waals surface area contributed by atoms with Crippen LogP contribution in [0, 0.1) is 0 Å². The molecule has 0 unspecified atom stereocenters. The van der Waals surface area contributed by atoms with Crippen molar-refractivity contribution in [2.45, 2.75) is 0 Å². The minimum atomic E-state index is -1.10. The number of fused-ring (bicyclic) bond motifs is 4. The molecule has 1 aliphatic heterocycles. The molecule has 0 aliphatic carbocycles. The van der Waals surface area contributed by atoms with Gasteiger partial charge in [0.1, 0.15) is 5.65 Å². The van der Waals surface area contributed by atoms with Gasteiger partial charge < -0.3 is 5.11 Å². The van der Waals surface area contributed by atoms with Crippen molar-refractivity contribution in [2.75, 3.05) is 4.90 Å². The SMILES string of the molecule is O=C(O)c1ccc(N2C(=O)c3ccc4c(=O)n5c6ccccc6nc5c5ccc(c3c45)C2=O)cc1. The van der Waals surface area contributed by atoms with E-state index in [1.54, 1.807) is 28.7 Å². The molecule has 8 heteroatoms. The summed E-state index contributed by atoms with van der Waals surface area (Å²) in [6, 6.07) is 19.5. The van der Waals surface area contributed by atoms with E-state index in [0.717, 1.165) is 4.90 Å². The number of nitrogens with zero attached hydrogens (tertiary/aromatic N) is 3. The summed E-state index contributed by atoms with van der Waals surface area (Å²) < 4.78 is 1.57. The van der Waals surface area contributed by atoms with Gasteiger partial charge in [-0.25, -0.2) is 14.7 Å². The molecular weight excluding hydrogens is 446 g/mol. The van der Waals surface area contributed by atoms with Gasteiger partial charge in [-0.05, 0) is 60.7 Å². The Morgan fingerprint density at radius 1 is 0.743 bits per heavy atom. The van der Waals surface area contributed by atoms with E-state index < -0.39 is 17.8 Å². The van der Waals surface area contributed by atoms with Crippen molar-refractivity contribution in [2.24, 2.45) is 0 Å². The van der Waals surface area contributed by atoms with Gasteiger partial charge in [-0.3, -0.25) is 18.8 Å². The number of para-hydroxylation sites is 2. The smallest absolute Gasteiger partial charge is 0.335 e. The van der Waals surface area contributed by atoms with E-state index in [2.05, 4.69) is 4.98 Å². The van der Waals surface area contributed by atoms with Crippen LogP contribution >= 0.6 is 0 Å². The van der Waals surface area contributed by atoms with Crippen molar-refractivity contribution < 1.29 is 19.5 Å². The molecule has 0 bridgehead atoms. The molecule has 0 saturated heterocycles. The Hall–Kier alpha value is -5.11. The summed E-state index contributed by atoms with van der Waals surface area (Å²) in [4.78, 5) is 57.4. The first-order valence-electron chi connectivity index (χ1n) is 10.8. The lowest BCUT2D eigenvalue weighted by molar-refractivity contribution is 0.0696. The highest BCUT2D eigenvalue weighted by atomic mass is 16.4. The van der Waals surface area contributed by atoms with Crippen molar-refractivity contribution in [3.05, 3.63) is 99.8 Å². The number of carboxylic acid groups (broad SMARTS) is 1. The van der Waals surface area contributed by atoms with Gasteiger partial charge in [0, 0.05) is 32.7 Å². The molecule has 0 radical (unpaired) electrons. The molecule has 0 atom stereocenters. The average Bonchev–Trinajstić information content (AvgIpc) is 3.26. The lowest BCUT2D eigenvalue weighted by atomic mass is 9.90. The molecule has 0 saturated carbocycles. The third-order valence-corrected chi connectivity index (χ3v) is 6.64. The predicted octanol–water partition coefficient (Wildman–Crippen LogP) is 4.09. The molecule has 3 heterocycles. The molecule has 8 nitrogen and oxygen atoms in total. The number of aromatic carboxylic acids is 1. The highest BCUT2D eigenvalue weighted by Gasteiger charge is 2.35. The Labute approximate surface area is 195 Å². The van der Waals surface area contributed by atoms with Gasteiger partial charge in [-0.2, -0.15) is 0 Å². The number of carboxylic acids is 1. The minimum Gasteiger partial charge on any atom is -0.478 e. The van der Waals surface area contributed by atoms with Gasteiger partial charge in [0.05, 0.1) is 22.3 Å². The van der Waals surface area contributed by atoms with Gasteiger partial charge in [0.15, 0.2) is 0 Å². The van der Waals surface area contributed by atoms with E-state index in [1.165, 1.54) is 24.3 Å². The highest BCUT2D eigenvalue weighted by Crippen LogP contribution is 2.38. The van der Waals surface area contributed by atoms with E-state index in [0.29, 0.717) is 49.4 Å². The maximum Gasteiger partial charge on any atom is 0.335 e. The van der Waals surface area contributed by atoms with Crippen LogP contribution in [0.15, 0.2) is 77.6 Å². The fourth-order valence-corrected chi connectivity index (χ4v) is 5.07. The molecule has 1 aliphatic rings. The van der Waals surface area contributed by atoms with E-state index in [1.807, 2.05) is 24.3 Å². The van der Waals surface area contributed by atoms with Crippen LogP contribution in [0.4, 0.5) is 5.69 Å². The van der Waals surface area contributed by atoms with E-state index in [4.69, 9.17) is 5.11 Å². The summed E-state index contributed by atoms with van der Waals surface area (Å²) in [7, 11) is 0. The lowest BCUT2D eigenvalue weighted by Gasteiger charge is -2.28. The number of hydrogen-bond donors (Lipinski definition) is 1. The molecule has 4 aromatic carbocycles. The van der Waals surface area contributed by atoms with Gasteiger partial charge in [0.25, 0.3) is 17.4 Å². The van der Waals surface area contributed by atoms with E-state index >= 15 is 0 Å². The van der Waals surface area contributed by atoms with Crippen molar-refractivity contribution in [1.82, 2.24) is 9.38 Å². The van der Waals surface area contributed by atoms with Crippen LogP contribution in [0.3, 0.4) is 0 Å². The van der Waals surface area contributed by atoms with Crippen LogP contribution in [-0.2, 0) is 0 Å². The molecule has 35 heavy (non-hydrogen) atoms. The zero-order valence-corrected chi connectivity index (χ0v) is 17.9. The summed E-state index contributed by atoms with van der Waals surface area (Å²) >= 11 is 0. The Bertz CT molecular complexity index is 1970. The van der Waals surface area contributed by atoms with Crippen molar-refractivity contribution >= 4 is 61.7 Å². The number of pyridine rings is 1. The zero-order chi connectivity index (χ0) is 24.0. The van der Waals surface area contributed by atoms with Gasteiger partial charge >= 0.3 is 5.97 Å². The van der Waals surface area contributed by atoms with Crippen LogP contribution < -0.4 is 10.5 Å². The summed E-state index contributed by atoms with van der Waals surface area (Å²) in [5.74, 6) is -2.19. The fourth-order valence-electron chi connectivity index (χ4n) is 5.07. The summed E-state index contributed by atoms with van der Waals surface area (Å²) in [6.45, 7) is 0. The van der Waals surface area contributed by atoms with E-state index in [-0.39, 0.29) is 16.8 Å². The lowest BCUT2D eigenvalue weighted by Crippen LogP contribution is -2.40. The Morgan fingerprint density at radius 2 is 1.40 bits per heavy atom. The Morgan fingerprint density at radius 3 is 2.09 bits per heavy atom. The second-order valence-electron chi connectivity index (χ2n) is 8.43. The summed E-state index contributed by atoms with van der Waals surface area (Å²) in [5.41, 5.74) is 2.47. The monoisotopic (exact) mass is 459 g/mol. The molecule has 0 fully saturated rings.